The first-order valence-corrected chi connectivity index (χ1v) is 8.04. The van der Waals surface area contributed by atoms with Crippen molar-refractivity contribution >= 4 is 0 Å². The van der Waals surface area contributed by atoms with Crippen molar-refractivity contribution in [2.24, 2.45) is 5.84 Å². The van der Waals surface area contributed by atoms with Gasteiger partial charge >= 0.3 is 0 Å². The van der Waals surface area contributed by atoms with E-state index in [2.05, 4.69) is 41.2 Å². The van der Waals surface area contributed by atoms with Crippen molar-refractivity contribution in [3.63, 3.8) is 0 Å². The van der Waals surface area contributed by atoms with Gasteiger partial charge in [-0.05, 0) is 48.2 Å². The van der Waals surface area contributed by atoms with Crippen LogP contribution in [0.15, 0.2) is 60.9 Å². The third-order valence-corrected chi connectivity index (χ3v) is 3.97. The second-order valence-electron chi connectivity index (χ2n) is 6.08. The fraction of sp³-hybridized carbons (Fsp3) is 0.200. The Hall–Kier alpha value is -2.56. The van der Waals surface area contributed by atoms with Gasteiger partial charge in [-0.15, -0.1) is 0 Å². The van der Waals surface area contributed by atoms with Gasteiger partial charge in [-0.3, -0.25) is 15.8 Å². The quantitative estimate of drug-likeness (QED) is 0.576. The van der Waals surface area contributed by atoms with E-state index in [-0.39, 0.29) is 0 Å². The molecule has 3 rings (SSSR count). The molecule has 0 saturated heterocycles. The lowest BCUT2D eigenvalue weighted by atomic mass is 10.1. The zero-order chi connectivity index (χ0) is 16.9. The van der Waals surface area contributed by atoms with Crippen molar-refractivity contribution in [2.45, 2.75) is 26.9 Å². The highest BCUT2D eigenvalue weighted by atomic mass is 15.4. The summed E-state index contributed by atoms with van der Waals surface area (Å²) >= 11 is 0. The average Bonchev–Trinajstić information content (AvgIpc) is 2.58. The second-order valence-corrected chi connectivity index (χ2v) is 6.08. The van der Waals surface area contributed by atoms with Gasteiger partial charge < -0.3 is 0 Å². The molecule has 0 aliphatic carbocycles. The van der Waals surface area contributed by atoms with E-state index in [1.54, 1.807) is 5.01 Å². The molecule has 0 amide bonds. The highest BCUT2D eigenvalue weighted by molar-refractivity contribution is 5.63. The van der Waals surface area contributed by atoms with Gasteiger partial charge in [0.25, 0.3) is 0 Å². The van der Waals surface area contributed by atoms with Gasteiger partial charge in [-0.1, -0.05) is 36.4 Å². The number of pyridine rings is 2. The maximum atomic E-state index is 6.19. The Morgan fingerprint density at radius 1 is 0.917 bits per heavy atom. The van der Waals surface area contributed by atoms with E-state index in [1.165, 1.54) is 5.56 Å². The van der Waals surface area contributed by atoms with E-state index in [0.29, 0.717) is 13.1 Å². The summed E-state index contributed by atoms with van der Waals surface area (Å²) in [6, 6.07) is 16.5. The van der Waals surface area contributed by atoms with Gasteiger partial charge in [0.1, 0.15) is 0 Å². The van der Waals surface area contributed by atoms with Crippen LogP contribution in [0.4, 0.5) is 0 Å². The van der Waals surface area contributed by atoms with Crippen molar-refractivity contribution < 1.29 is 0 Å². The summed E-state index contributed by atoms with van der Waals surface area (Å²) < 4.78 is 0. The summed E-state index contributed by atoms with van der Waals surface area (Å²) in [5, 5.41) is 1.75. The molecule has 4 nitrogen and oxygen atoms in total. The first-order chi connectivity index (χ1) is 11.6. The first kappa shape index (κ1) is 16.3. The molecule has 122 valence electrons. The van der Waals surface area contributed by atoms with Gasteiger partial charge in [-0.2, -0.15) is 0 Å². The number of nitrogens with two attached hydrogens (primary N) is 1. The zero-order valence-corrected chi connectivity index (χ0v) is 14.1. The van der Waals surface area contributed by atoms with Crippen molar-refractivity contribution in [1.29, 1.82) is 0 Å². The van der Waals surface area contributed by atoms with Crippen LogP contribution < -0.4 is 5.84 Å². The lowest BCUT2D eigenvalue weighted by molar-refractivity contribution is 0.259. The minimum Gasteiger partial charge on any atom is -0.268 e. The Morgan fingerprint density at radius 3 is 2.46 bits per heavy atom. The monoisotopic (exact) mass is 318 g/mol. The van der Waals surface area contributed by atoms with Crippen molar-refractivity contribution in [2.75, 3.05) is 0 Å². The van der Waals surface area contributed by atoms with Crippen molar-refractivity contribution in [3.05, 3.63) is 83.4 Å². The molecule has 0 unspecified atom stereocenters. The first-order valence-electron chi connectivity index (χ1n) is 8.04. The molecule has 0 bridgehead atoms. The van der Waals surface area contributed by atoms with Crippen LogP contribution in [0.1, 0.15) is 22.5 Å². The van der Waals surface area contributed by atoms with Gasteiger partial charge in [0.05, 0.1) is 24.5 Å². The standard InChI is InChI=1S/C20H22N4/c1-15-10-16(2)20(23-12-15)14-24(21)13-19-11-18(8-9-22-19)17-6-4-3-5-7-17/h3-12H,13-14,21H2,1-2H3. The number of rotatable bonds is 5. The van der Waals surface area contributed by atoms with Gasteiger partial charge in [0.15, 0.2) is 0 Å². The predicted molar refractivity (Wildman–Crippen MR) is 96.8 cm³/mol. The van der Waals surface area contributed by atoms with Crippen LogP contribution in [0.25, 0.3) is 11.1 Å². The fourth-order valence-corrected chi connectivity index (χ4v) is 2.74. The maximum absolute atomic E-state index is 6.19. The smallest absolute Gasteiger partial charge is 0.0587 e. The maximum Gasteiger partial charge on any atom is 0.0587 e. The molecule has 24 heavy (non-hydrogen) atoms. The number of benzene rings is 1. The van der Waals surface area contributed by atoms with E-state index >= 15 is 0 Å². The van der Waals surface area contributed by atoms with Crippen LogP contribution in [-0.4, -0.2) is 15.0 Å². The summed E-state index contributed by atoms with van der Waals surface area (Å²) in [6.45, 7) is 5.29. The van der Waals surface area contributed by atoms with E-state index in [0.717, 1.165) is 28.1 Å². The van der Waals surface area contributed by atoms with Crippen LogP contribution >= 0.6 is 0 Å². The lowest BCUT2D eigenvalue weighted by Gasteiger charge is -2.17. The van der Waals surface area contributed by atoms with Gasteiger partial charge in [0, 0.05) is 12.4 Å². The molecule has 0 saturated carbocycles. The molecule has 2 heterocycles. The number of hydrogen-bond donors (Lipinski definition) is 1. The number of aryl methyl sites for hydroxylation is 2. The topological polar surface area (TPSA) is 55.0 Å². The molecular formula is C20H22N4. The normalized spacial score (nSPS) is 11.0. The van der Waals surface area contributed by atoms with E-state index in [1.807, 2.05) is 43.6 Å². The highest BCUT2D eigenvalue weighted by Crippen LogP contribution is 2.19. The Morgan fingerprint density at radius 2 is 1.71 bits per heavy atom. The molecule has 2 N–H and O–H groups in total. The lowest BCUT2D eigenvalue weighted by Crippen LogP contribution is -2.30. The Balaban J connectivity index is 1.71. The fourth-order valence-electron chi connectivity index (χ4n) is 2.74. The minimum absolute atomic E-state index is 0.579. The molecule has 1 aromatic carbocycles. The third kappa shape index (κ3) is 4.04. The van der Waals surface area contributed by atoms with Crippen molar-refractivity contribution in [1.82, 2.24) is 15.0 Å². The van der Waals surface area contributed by atoms with Crippen molar-refractivity contribution in [3.8, 4) is 11.1 Å². The van der Waals surface area contributed by atoms with Crippen LogP contribution in [0, 0.1) is 13.8 Å². The number of nitrogens with zero attached hydrogens (tertiary/aromatic N) is 3. The molecule has 0 radical (unpaired) electrons. The molecule has 0 aliphatic rings. The van der Waals surface area contributed by atoms with Gasteiger partial charge in [-0.25, -0.2) is 5.01 Å². The van der Waals surface area contributed by atoms with E-state index in [4.69, 9.17) is 5.84 Å². The third-order valence-electron chi connectivity index (χ3n) is 3.97. The van der Waals surface area contributed by atoms with E-state index in [9.17, 15) is 0 Å². The summed E-state index contributed by atoms with van der Waals surface area (Å²) in [4.78, 5) is 8.92. The van der Waals surface area contributed by atoms with Crippen LogP contribution in [-0.2, 0) is 13.1 Å². The largest absolute Gasteiger partial charge is 0.268 e. The Bertz CT molecular complexity index is 815. The van der Waals surface area contributed by atoms with Crippen LogP contribution in [0.2, 0.25) is 0 Å². The minimum atomic E-state index is 0.579. The predicted octanol–water partition coefficient (Wildman–Crippen LogP) is 3.64. The summed E-state index contributed by atoms with van der Waals surface area (Å²) in [6.07, 6.45) is 3.71. The van der Waals surface area contributed by atoms with Crippen LogP contribution in [0.5, 0.6) is 0 Å². The van der Waals surface area contributed by atoms with E-state index < -0.39 is 0 Å². The summed E-state index contributed by atoms with van der Waals surface area (Å²) in [7, 11) is 0. The molecule has 4 heteroatoms. The molecular weight excluding hydrogens is 296 g/mol. The van der Waals surface area contributed by atoms with Gasteiger partial charge in [0.2, 0.25) is 0 Å². The second kappa shape index (κ2) is 7.34. The number of hydrogen-bond acceptors (Lipinski definition) is 4. The molecule has 0 spiro atoms. The molecule has 0 aliphatic heterocycles. The average molecular weight is 318 g/mol. The number of aromatic nitrogens is 2. The molecule has 0 fully saturated rings. The molecule has 2 aromatic heterocycles. The SMILES string of the molecule is Cc1cnc(CN(N)Cc2cc(-c3ccccc3)ccn2)c(C)c1. The molecule has 3 aromatic rings. The number of hydrazine groups is 1. The summed E-state index contributed by atoms with van der Waals surface area (Å²) in [5.41, 5.74) is 6.61. The Kier molecular flexibility index (Phi) is 4.99. The van der Waals surface area contributed by atoms with Crippen LogP contribution in [0.3, 0.4) is 0 Å². The molecule has 0 atom stereocenters. The highest BCUT2D eigenvalue weighted by Gasteiger charge is 2.08. The summed E-state index contributed by atoms with van der Waals surface area (Å²) in [5.74, 6) is 6.19. The Labute approximate surface area is 143 Å². The zero-order valence-electron chi connectivity index (χ0n) is 14.1.